The summed E-state index contributed by atoms with van der Waals surface area (Å²) in [6.07, 6.45) is 1.59. The lowest BCUT2D eigenvalue weighted by molar-refractivity contribution is 0.456. The Labute approximate surface area is 113 Å². The lowest BCUT2D eigenvalue weighted by Gasteiger charge is -2.11. The first-order chi connectivity index (χ1) is 8.54. The molecule has 1 heterocycles. The van der Waals surface area contributed by atoms with Crippen molar-refractivity contribution in [1.82, 2.24) is 9.97 Å². The highest BCUT2D eigenvalue weighted by Gasteiger charge is 2.05. The van der Waals surface area contributed by atoms with Crippen LogP contribution in [0.5, 0.6) is 11.6 Å². The van der Waals surface area contributed by atoms with E-state index in [-0.39, 0.29) is 5.82 Å². The van der Waals surface area contributed by atoms with Crippen molar-refractivity contribution in [3.8, 4) is 11.6 Å². The molecule has 0 aliphatic rings. The second-order valence-corrected chi connectivity index (χ2v) is 4.71. The van der Waals surface area contributed by atoms with E-state index in [1.54, 1.807) is 23.2 Å². The highest BCUT2D eigenvalue weighted by molar-refractivity contribution is 9.10. The van der Waals surface area contributed by atoms with Crippen molar-refractivity contribution >= 4 is 21.9 Å². The van der Waals surface area contributed by atoms with Gasteiger partial charge in [-0.3, -0.25) is 0 Å². The molecule has 0 atom stereocenters. The first kappa shape index (κ1) is 12.8. The Balaban J connectivity index is 2.25. The van der Waals surface area contributed by atoms with Crippen LogP contribution in [0.1, 0.15) is 0 Å². The van der Waals surface area contributed by atoms with Gasteiger partial charge in [-0.2, -0.15) is 4.98 Å². The molecule has 0 bridgehead atoms. The average Bonchev–Trinajstić information content (AvgIpc) is 2.27. The standard InChI is InChI=1S/C12H11BrFN3O/c1-17(2)12-15-4-3-11(16-12)18-10-6-8(13)5-9(14)7-10/h3-7H,1-2H3. The van der Waals surface area contributed by atoms with Crippen molar-refractivity contribution in [3.63, 3.8) is 0 Å². The van der Waals surface area contributed by atoms with E-state index < -0.39 is 0 Å². The van der Waals surface area contributed by atoms with Crippen LogP contribution in [0.25, 0.3) is 0 Å². The number of hydrogen-bond donors (Lipinski definition) is 0. The van der Waals surface area contributed by atoms with Gasteiger partial charge in [0.2, 0.25) is 11.8 Å². The summed E-state index contributed by atoms with van der Waals surface area (Å²) < 4.78 is 19.3. The van der Waals surface area contributed by atoms with E-state index in [9.17, 15) is 4.39 Å². The van der Waals surface area contributed by atoms with Crippen LogP contribution in [-0.4, -0.2) is 24.1 Å². The number of benzene rings is 1. The number of rotatable bonds is 3. The molecule has 18 heavy (non-hydrogen) atoms. The molecule has 1 aromatic carbocycles. The quantitative estimate of drug-likeness (QED) is 0.872. The molecule has 0 N–H and O–H groups in total. The van der Waals surface area contributed by atoms with Crippen LogP contribution in [0, 0.1) is 5.82 Å². The summed E-state index contributed by atoms with van der Waals surface area (Å²) in [4.78, 5) is 10.0. The van der Waals surface area contributed by atoms with Crippen LogP contribution < -0.4 is 9.64 Å². The van der Waals surface area contributed by atoms with E-state index in [1.165, 1.54) is 12.1 Å². The Morgan fingerprint density at radius 2 is 2.06 bits per heavy atom. The fourth-order valence-corrected chi connectivity index (χ4v) is 1.76. The van der Waals surface area contributed by atoms with Crippen LogP contribution in [0.4, 0.5) is 10.3 Å². The van der Waals surface area contributed by atoms with Gasteiger partial charge in [-0.25, -0.2) is 9.37 Å². The summed E-state index contributed by atoms with van der Waals surface area (Å²) >= 11 is 3.20. The first-order valence-electron chi connectivity index (χ1n) is 5.19. The minimum absolute atomic E-state index is 0.367. The normalized spacial score (nSPS) is 10.2. The third kappa shape index (κ3) is 3.16. The number of ether oxygens (including phenoxy) is 1. The third-order valence-corrected chi connectivity index (χ3v) is 2.53. The van der Waals surface area contributed by atoms with Crippen molar-refractivity contribution in [1.29, 1.82) is 0 Å². The van der Waals surface area contributed by atoms with Crippen molar-refractivity contribution in [2.45, 2.75) is 0 Å². The molecule has 0 saturated heterocycles. The molecule has 94 valence electrons. The zero-order chi connectivity index (χ0) is 13.1. The predicted octanol–water partition coefficient (Wildman–Crippen LogP) is 3.24. The smallest absolute Gasteiger partial charge is 0.228 e. The molecular formula is C12H11BrFN3O. The minimum Gasteiger partial charge on any atom is -0.439 e. The zero-order valence-corrected chi connectivity index (χ0v) is 11.5. The molecular weight excluding hydrogens is 301 g/mol. The van der Waals surface area contributed by atoms with Crippen LogP contribution in [0.3, 0.4) is 0 Å². The molecule has 2 aromatic rings. The molecule has 2 rings (SSSR count). The molecule has 1 aromatic heterocycles. The fourth-order valence-electron chi connectivity index (χ4n) is 1.31. The second-order valence-electron chi connectivity index (χ2n) is 3.80. The minimum atomic E-state index is -0.374. The molecule has 6 heteroatoms. The number of aromatic nitrogens is 2. The Kier molecular flexibility index (Phi) is 3.76. The highest BCUT2D eigenvalue weighted by atomic mass is 79.9. The van der Waals surface area contributed by atoms with Gasteiger partial charge in [0.1, 0.15) is 11.6 Å². The summed E-state index contributed by atoms with van der Waals surface area (Å²) in [7, 11) is 3.66. The first-order valence-corrected chi connectivity index (χ1v) is 5.98. The van der Waals surface area contributed by atoms with Crippen LogP contribution >= 0.6 is 15.9 Å². The van der Waals surface area contributed by atoms with Gasteiger partial charge in [-0.1, -0.05) is 15.9 Å². The topological polar surface area (TPSA) is 38.2 Å². The zero-order valence-electron chi connectivity index (χ0n) is 9.89. The predicted molar refractivity (Wildman–Crippen MR) is 70.5 cm³/mol. The lowest BCUT2D eigenvalue weighted by atomic mass is 10.3. The Hall–Kier alpha value is -1.69. The molecule has 0 saturated carbocycles. The van der Waals surface area contributed by atoms with Gasteiger partial charge in [0.05, 0.1) is 0 Å². The van der Waals surface area contributed by atoms with E-state index in [0.717, 1.165) is 0 Å². The molecule has 0 aliphatic heterocycles. The fraction of sp³-hybridized carbons (Fsp3) is 0.167. The number of halogens is 2. The maximum Gasteiger partial charge on any atom is 0.228 e. The van der Waals surface area contributed by atoms with Gasteiger partial charge in [-0.05, 0) is 12.1 Å². The molecule has 0 aliphatic carbocycles. The largest absolute Gasteiger partial charge is 0.439 e. The summed E-state index contributed by atoms with van der Waals surface area (Å²) in [5, 5.41) is 0. The number of nitrogens with zero attached hydrogens (tertiary/aromatic N) is 3. The molecule has 0 amide bonds. The van der Waals surface area contributed by atoms with Gasteiger partial charge in [-0.15, -0.1) is 0 Å². The van der Waals surface area contributed by atoms with E-state index in [1.807, 2.05) is 14.1 Å². The Bertz CT molecular complexity index is 543. The van der Waals surface area contributed by atoms with E-state index in [2.05, 4.69) is 25.9 Å². The second kappa shape index (κ2) is 5.30. The Morgan fingerprint density at radius 3 is 2.72 bits per heavy atom. The summed E-state index contributed by atoms with van der Waals surface area (Å²) in [5.41, 5.74) is 0. The van der Waals surface area contributed by atoms with Crippen molar-refractivity contribution in [3.05, 3.63) is 40.8 Å². The van der Waals surface area contributed by atoms with Crippen molar-refractivity contribution in [2.24, 2.45) is 0 Å². The summed E-state index contributed by atoms with van der Waals surface area (Å²) in [5.74, 6) is 0.903. The van der Waals surface area contributed by atoms with E-state index in [4.69, 9.17) is 4.74 Å². The van der Waals surface area contributed by atoms with Crippen LogP contribution in [0.2, 0.25) is 0 Å². The van der Waals surface area contributed by atoms with Gasteiger partial charge >= 0.3 is 0 Å². The monoisotopic (exact) mass is 311 g/mol. The van der Waals surface area contributed by atoms with Crippen LogP contribution in [0.15, 0.2) is 34.9 Å². The molecule has 4 nitrogen and oxygen atoms in total. The number of hydrogen-bond acceptors (Lipinski definition) is 4. The average molecular weight is 312 g/mol. The maximum absolute atomic E-state index is 13.2. The van der Waals surface area contributed by atoms with E-state index in [0.29, 0.717) is 22.1 Å². The lowest BCUT2D eigenvalue weighted by Crippen LogP contribution is -2.12. The maximum atomic E-state index is 13.2. The Morgan fingerprint density at radius 1 is 1.28 bits per heavy atom. The van der Waals surface area contributed by atoms with Crippen molar-refractivity contribution < 1.29 is 9.13 Å². The third-order valence-electron chi connectivity index (χ3n) is 2.08. The van der Waals surface area contributed by atoms with Gasteiger partial charge in [0.15, 0.2) is 0 Å². The van der Waals surface area contributed by atoms with Crippen LogP contribution in [-0.2, 0) is 0 Å². The molecule has 0 radical (unpaired) electrons. The highest BCUT2D eigenvalue weighted by Crippen LogP contribution is 2.25. The van der Waals surface area contributed by atoms with Gasteiger partial charge in [0.25, 0.3) is 0 Å². The summed E-state index contributed by atoms with van der Waals surface area (Å²) in [6.45, 7) is 0. The molecule has 0 fully saturated rings. The van der Waals surface area contributed by atoms with Gasteiger partial charge < -0.3 is 9.64 Å². The van der Waals surface area contributed by atoms with E-state index >= 15 is 0 Å². The SMILES string of the molecule is CN(C)c1nccc(Oc2cc(F)cc(Br)c2)n1. The molecule has 0 spiro atoms. The van der Waals surface area contributed by atoms with Crippen molar-refractivity contribution in [2.75, 3.05) is 19.0 Å². The number of anilines is 1. The van der Waals surface area contributed by atoms with Gasteiger partial charge in [0, 0.05) is 36.9 Å². The summed E-state index contributed by atoms with van der Waals surface area (Å²) in [6, 6.07) is 5.94. The molecule has 0 unspecified atom stereocenters.